The van der Waals surface area contributed by atoms with Gasteiger partial charge in [0.05, 0.1) is 6.04 Å². The highest BCUT2D eigenvalue weighted by molar-refractivity contribution is 5.85. The van der Waals surface area contributed by atoms with Gasteiger partial charge in [0.25, 0.3) is 0 Å². The molecule has 1 aromatic heterocycles. The summed E-state index contributed by atoms with van der Waals surface area (Å²) in [6.07, 6.45) is 1.52. The molecule has 158 valence electrons. The standard InChI is InChI=1S/C21H29N5O2.ClH/c1-4-14(2)21(27)26-13-16-8-6-5-7-15(16)11-17(26)20-23-19(24-28-20)18-12-22-9-10-25(18)3;/h5-8,14,17-18,22H,4,9-13H2,1-3H3;1H. The Morgan fingerprint density at radius 2 is 2.07 bits per heavy atom. The first-order valence-corrected chi connectivity index (χ1v) is 10.2. The Bertz CT molecular complexity index is 842. The minimum Gasteiger partial charge on any atom is -0.337 e. The fourth-order valence-electron chi connectivity index (χ4n) is 4.05. The number of aromatic nitrogens is 2. The summed E-state index contributed by atoms with van der Waals surface area (Å²) < 4.78 is 5.71. The van der Waals surface area contributed by atoms with E-state index in [0.29, 0.717) is 24.7 Å². The highest BCUT2D eigenvalue weighted by atomic mass is 35.5. The molecular weight excluding hydrogens is 390 g/mol. The summed E-state index contributed by atoms with van der Waals surface area (Å²) in [6.45, 7) is 7.34. The largest absolute Gasteiger partial charge is 0.337 e. The smallest absolute Gasteiger partial charge is 0.249 e. The number of piperazine rings is 1. The number of nitrogens with zero attached hydrogens (tertiary/aromatic N) is 4. The van der Waals surface area contributed by atoms with E-state index < -0.39 is 0 Å². The number of carbonyl (C=O) groups is 1. The molecule has 3 unspecified atom stereocenters. The Morgan fingerprint density at radius 3 is 2.79 bits per heavy atom. The molecule has 3 atom stereocenters. The van der Waals surface area contributed by atoms with Gasteiger partial charge in [-0.25, -0.2) is 0 Å². The van der Waals surface area contributed by atoms with Crippen LogP contribution in [-0.2, 0) is 17.8 Å². The van der Waals surface area contributed by atoms with Crippen molar-refractivity contribution in [1.82, 2.24) is 25.3 Å². The Balaban J connectivity index is 0.00000240. The zero-order valence-corrected chi connectivity index (χ0v) is 18.1. The second kappa shape index (κ2) is 9.24. The van der Waals surface area contributed by atoms with Crippen LogP contribution in [0.2, 0.25) is 0 Å². The second-order valence-electron chi connectivity index (χ2n) is 7.96. The van der Waals surface area contributed by atoms with Gasteiger partial charge in [0, 0.05) is 38.5 Å². The first-order valence-electron chi connectivity index (χ1n) is 10.2. The molecule has 0 spiro atoms. The van der Waals surface area contributed by atoms with E-state index in [1.807, 2.05) is 30.9 Å². The van der Waals surface area contributed by atoms with Crippen molar-refractivity contribution in [3.8, 4) is 0 Å². The van der Waals surface area contributed by atoms with Crippen LogP contribution >= 0.6 is 12.4 Å². The van der Waals surface area contributed by atoms with Gasteiger partial charge in [0.1, 0.15) is 6.04 Å². The van der Waals surface area contributed by atoms with Gasteiger partial charge in [-0.3, -0.25) is 9.69 Å². The van der Waals surface area contributed by atoms with Crippen molar-refractivity contribution in [2.24, 2.45) is 5.92 Å². The summed E-state index contributed by atoms with van der Waals surface area (Å²) in [5, 5.41) is 7.66. The second-order valence-corrected chi connectivity index (χ2v) is 7.96. The van der Waals surface area contributed by atoms with Gasteiger partial charge in [-0.15, -0.1) is 12.4 Å². The highest BCUT2D eigenvalue weighted by Gasteiger charge is 2.36. The molecule has 1 N–H and O–H groups in total. The van der Waals surface area contributed by atoms with Crippen LogP contribution in [0, 0.1) is 5.92 Å². The maximum Gasteiger partial charge on any atom is 0.249 e. The summed E-state index contributed by atoms with van der Waals surface area (Å²) in [4.78, 5) is 22.0. The molecule has 3 heterocycles. The van der Waals surface area contributed by atoms with E-state index >= 15 is 0 Å². The lowest BCUT2D eigenvalue weighted by Gasteiger charge is -2.36. The highest BCUT2D eigenvalue weighted by Crippen LogP contribution is 2.34. The molecular formula is C21H30ClN5O2. The molecule has 1 amide bonds. The van der Waals surface area contributed by atoms with Crippen molar-refractivity contribution in [3.63, 3.8) is 0 Å². The zero-order chi connectivity index (χ0) is 19.7. The predicted octanol–water partition coefficient (Wildman–Crippen LogP) is 2.74. The Labute approximate surface area is 178 Å². The first kappa shape index (κ1) is 21.7. The topological polar surface area (TPSA) is 74.5 Å². The quantitative estimate of drug-likeness (QED) is 0.821. The molecule has 8 heteroatoms. The van der Waals surface area contributed by atoms with E-state index in [1.165, 1.54) is 11.1 Å². The predicted molar refractivity (Wildman–Crippen MR) is 113 cm³/mol. The molecule has 0 aliphatic carbocycles. The molecule has 2 aromatic rings. The van der Waals surface area contributed by atoms with Crippen LogP contribution in [0.4, 0.5) is 0 Å². The molecule has 0 saturated carbocycles. The van der Waals surface area contributed by atoms with E-state index in [2.05, 4.69) is 34.6 Å². The van der Waals surface area contributed by atoms with Crippen LogP contribution in [0.5, 0.6) is 0 Å². The lowest BCUT2D eigenvalue weighted by Crippen LogP contribution is -2.44. The molecule has 1 saturated heterocycles. The van der Waals surface area contributed by atoms with E-state index in [4.69, 9.17) is 9.51 Å². The van der Waals surface area contributed by atoms with E-state index in [9.17, 15) is 4.79 Å². The van der Waals surface area contributed by atoms with Gasteiger partial charge in [-0.2, -0.15) is 4.98 Å². The number of hydrogen-bond donors (Lipinski definition) is 1. The van der Waals surface area contributed by atoms with Gasteiger partial charge in [0.2, 0.25) is 11.8 Å². The molecule has 1 aromatic carbocycles. The number of benzene rings is 1. The molecule has 2 aliphatic heterocycles. The fourth-order valence-corrected chi connectivity index (χ4v) is 4.05. The number of fused-ring (bicyclic) bond motifs is 1. The van der Waals surface area contributed by atoms with Gasteiger partial charge in [-0.1, -0.05) is 43.3 Å². The van der Waals surface area contributed by atoms with Gasteiger partial charge in [0.15, 0.2) is 5.82 Å². The number of carbonyl (C=O) groups excluding carboxylic acids is 1. The summed E-state index contributed by atoms with van der Waals surface area (Å²) in [5.41, 5.74) is 2.45. The van der Waals surface area contributed by atoms with Crippen molar-refractivity contribution in [1.29, 1.82) is 0 Å². The molecule has 2 aliphatic rings. The molecule has 1 fully saturated rings. The number of amides is 1. The number of rotatable bonds is 4. The fraction of sp³-hybridized carbons (Fsp3) is 0.571. The number of hydrogen-bond acceptors (Lipinski definition) is 6. The van der Waals surface area contributed by atoms with Crippen molar-refractivity contribution in [2.45, 2.75) is 45.3 Å². The molecule has 4 rings (SSSR count). The first-order chi connectivity index (χ1) is 13.6. The molecule has 7 nitrogen and oxygen atoms in total. The monoisotopic (exact) mass is 419 g/mol. The molecule has 29 heavy (non-hydrogen) atoms. The number of halogens is 1. The maximum atomic E-state index is 13.1. The van der Waals surface area contributed by atoms with Gasteiger partial charge in [-0.05, 0) is 24.6 Å². The minimum absolute atomic E-state index is 0. The summed E-state index contributed by atoms with van der Waals surface area (Å²) >= 11 is 0. The van der Waals surface area contributed by atoms with Crippen LogP contribution in [0.3, 0.4) is 0 Å². The van der Waals surface area contributed by atoms with Gasteiger partial charge < -0.3 is 14.7 Å². The van der Waals surface area contributed by atoms with Crippen LogP contribution < -0.4 is 5.32 Å². The summed E-state index contributed by atoms with van der Waals surface area (Å²) in [5.74, 6) is 1.36. The SMILES string of the molecule is CCC(C)C(=O)N1Cc2ccccc2CC1c1nc(C2CNCCN2C)no1.Cl. The summed E-state index contributed by atoms with van der Waals surface area (Å²) in [7, 11) is 2.08. The average Bonchev–Trinajstić information content (AvgIpc) is 3.21. The summed E-state index contributed by atoms with van der Waals surface area (Å²) in [6, 6.07) is 8.19. The maximum absolute atomic E-state index is 13.1. The lowest BCUT2D eigenvalue weighted by atomic mass is 9.92. The third kappa shape index (κ3) is 4.32. The minimum atomic E-state index is -0.209. The van der Waals surface area contributed by atoms with Crippen LogP contribution in [0.1, 0.15) is 55.2 Å². The van der Waals surface area contributed by atoms with Crippen molar-refractivity contribution in [3.05, 3.63) is 47.1 Å². The van der Waals surface area contributed by atoms with Crippen LogP contribution in [-0.4, -0.2) is 52.5 Å². The van der Waals surface area contributed by atoms with Crippen LogP contribution in [0.15, 0.2) is 28.8 Å². The third-order valence-corrected chi connectivity index (χ3v) is 6.12. The van der Waals surface area contributed by atoms with Crippen molar-refractivity contribution >= 4 is 18.3 Å². The Hall–Kier alpha value is -1.96. The number of likely N-dealkylation sites (N-methyl/N-ethyl adjacent to an activating group) is 1. The van der Waals surface area contributed by atoms with E-state index in [0.717, 1.165) is 26.1 Å². The normalized spacial score (nSPS) is 23.2. The number of nitrogens with one attached hydrogen (secondary N) is 1. The van der Waals surface area contributed by atoms with Crippen molar-refractivity contribution in [2.75, 3.05) is 26.7 Å². The van der Waals surface area contributed by atoms with Gasteiger partial charge >= 0.3 is 0 Å². The van der Waals surface area contributed by atoms with E-state index in [1.54, 1.807) is 0 Å². The zero-order valence-electron chi connectivity index (χ0n) is 17.3. The van der Waals surface area contributed by atoms with E-state index in [-0.39, 0.29) is 36.3 Å². The van der Waals surface area contributed by atoms with Crippen LogP contribution in [0.25, 0.3) is 0 Å². The Morgan fingerprint density at radius 1 is 1.31 bits per heavy atom. The lowest BCUT2D eigenvalue weighted by molar-refractivity contribution is -0.139. The Kier molecular flexibility index (Phi) is 6.93. The average molecular weight is 420 g/mol. The third-order valence-electron chi connectivity index (χ3n) is 6.12. The molecule has 0 bridgehead atoms. The van der Waals surface area contributed by atoms with Crippen molar-refractivity contribution < 1.29 is 9.32 Å². The molecule has 0 radical (unpaired) electrons.